The van der Waals surface area contributed by atoms with E-state index in [1.165, 1.54) is 51.6 Å². The molecule has 1 saturated heterocycles. The minimum Gasteiger partial charge on any atom is -0.333 e. The van der Waals surface area contributed by atoms with Crippen molar-refractivity contribution in [3.63, 3.8) is 0 Å². The SMILES string of the molecule is Cc1cc(C(=O)N(Cc2cccnc2)CC2CCN(C3CCCC3)CC2)nn1C. The van der Waals surface area contributed by atoms with Crippen LogP contribution in [0.25, 0.3) is 0 Å². The van der Waals surface area contributed by atoms with E-state index in [-0.39, 0.29) is 5.91 Å². The van der Waals surface area contributed by atoms with E-state index < -0.39 is 0 Å². The molecule has 0 bridgehead atoms. The second kappa shape index (κ2) is 9.08. The number of nitrogens with zero attached hydrogens (tertiary/aromatic N) is 5. The fourth-order valence-corrected chi connectivity index (χ4v) is 4.84. The molecule has 0 N–H and O–H groups in total. The van der Waals surface area contributed by atoms with Gasteiger partial charge in [0, 0.05) is 44.3 Å². The standard InChI is InChI=1S/C23H33N5O/c1-18-14-22(25-26(18)2)23(29)28(17-20-6-5-11-24-15-20)16-19-9-12-27(13-10-19)21-7-3-4-8-21/h5-6,11,14-15,19,21H,3-4,7-10,12-13,16-17H2,1-2H3. The summed E-state index contributed by atoms with van der Waals surface area (Å²) in [6, 6.07) is 6.67. The third kappa shape index (κ3) is 4.86. The summed E-state index contributed by atoms with van der Waals surface area (Å²) < 4.78 is 1.77. The first-order valence-electron chi connectivity index (χ1n) is 11.0. The van der Waals surface area contributed by atoms with Crippen molar-refractivity contribution in [2.45, 2.75) is 58.0 Å². The monoisotopic (exact) mass is 395 g/mol. The molecular formula is C23H33N5O. The van der Waals surface area contributed by atoms with Crippen molar-refractivity contribution < 1.29 is 4.79 Å². The lowest BCUT2D eigenvalue weighted by atomic mass is 9.94. The predicted molar refractivity (Wildman–Crippen MR) is 113 cm³/mol. The highest BCUT2D eigenvalue weighted by Gasteiger charge is 2.29. The fraction of sp³-hybridized carbons (Fsp3) is 0.609. The van der Waals surface area contributed by atoms with Gasteiger partial charge < -0.3 is 9.80 Å². The number of aryl methyl sites for hydroxylation is 2. The van der Waals surface area contributed by atoms with Gasteiger partial charge in [-0.05, 0) is 69.3 Å². The molecule has 4 rings (SSSR count). The molecule has 29 heavy (non-hydrogen) atoms. The molecule has 1 aliphatic carbocycles. The van der Waals surface area contributed by atoms with Gasteiger partial charge in [0.1, 0.15) is 0 Å². The summed E-state index contributed by atoms with van der Waals surface area (Å²) in [5, 5.41) is 4.43. The largest absolute Gasteiger partial charge is 0.333 e. The molecule has 6 heteroatoms. The third-order valence-corrected chi connectivity index (χ3v) is 6.69. The fourth-order valence-electron chi connectivity index (χ4n) is 4.84. The van der Waals surface area contributed by atoms with Crippen LogP contribution in [0.5, 0.6) is 0 Å². The Labute approximate surface area is 173 Å². The zero-order chi connectivity index (χ0) is 20.2. The highest BCUT2D eigenvalue weighted by atomic mass is 16.2. The van der Waals surface area contributed by atoms with Gasteiger partial charge in [-0.2, -0.15) is 5.10 Å². The number of hydrogen-bond acceptors (Lipinski definition) is 4. The highest BCUT2D eigenvalue weighted by molar-refractivity contribution is 5.92. The van der Waals surface area contributed by atoms with Crippen LogP contribution >= 0.6 is 0 Å². The Hall–Kier alpha value is -2.21. The van der Waals surface area contributed by atoms with E-state index in [9.17, 15) is 4.79 Å². The molecule has 2 fully saturated rings. The van der Waals surface area contributed by atoms with Gasteiger partial charge in [0.2, 0.25) is 0 Å². The van der Waals surface area contributed by atoms with Gasteiger partial charge in [0.05, 0.1) is 0 Å². The van der Waals surface area contributed by atoms with E-state index in [4.69, 9.17) is 0 Å². The van der Waals surface area contributed by atoms with Crippen molar-refractivity contribution in [1.29, 1.82) is 0 Å². The maximum absolute atomic E-state index is 13.3. The minimum absolute atomic E-state index is 0.0239. The van der Waals surface area contributed by atoms with Gasteiger partial charge in [-0.25, -0.2) is 0 Å². The summed E-state index contributed by atoms with van der Waals surface area (Å²) in [6.45, 7) is 5.71. The Kier molecular flexibility index (Phi) is 6.28. The first-order valence-corrected chi connectivity index (χ1v) is 11.0. The van der Waals surface area contributed by atoms with E-state index in [1.807, 2.05) is 43.3 Å². The molecule has 2 aliphatic rings. The quantitative estimate of drug-likeness (QED) is 0.752. The number of piperidine rings is 1. The summed E-state index contributed by atoms with van der Waals surface area (Å²) in [7, 11) is 1.89. The molecule has 0 aromatic carbocycles. The molecule has 0 spiro atoms. The minimum atomic E-state index is 0.0239. The lowest BCUT2D eigenvalue weighted by molar-refractivity contribution is 0.0644. The lowest BCUT2D eigenvalue weighted by Crippen LogP contribution is -2.43. The molecule has 1 aliphatic heterocycles. The second-order valence-corrected chi connectivity index (χ2v) is 8.76. The molecule has 1 amide bonds. The number of amides is 1. The van der Waals surface area contributed by atoms with Crippen LogP contribution in [-0.4, -0.2) is 56.1 Å². The van der Waals surface area contributed by atoms with Crippen LogP contribution in [0, 0.1) is 12.8 Å². The normalized spacial score (nSPS) is 19.0. The number of aromatic nitrogens is 3. The maximum Gasteiger partial charge on any atom is 0.274 e. The Bertz CT molecular complexity index is 784. The third-order valence-electron chi connectivity index (χ3n) is 6.69. The number of likely N-dealkylation sites (tertiary alicyclic amines) is 1. The van der Waals surface area contributed by atoms with E-state index in [2.05, 4.69) is 15.0 Å². The van der Waals surface area contributed by atoms with Gasteiger partial charge in [-0.1, -0.05) is 18.9 Å². The summed E-state index contributed by atoms with van der Waals surface area (Å²) in [5.74, 6) is 0.578. The van der Waals surface area contributed by atoms with Gasteiger partial charge in [-0.15, -0.1) is 0 Å². The van der Waals surface area contributed by atoms with Crippen LogP contribution < -0.4 is 0 Å². The van der Waals surface area contributed by atoms with Crippen LogP contribution in [0.4, 0.5) is 0 Å². The smallest absolute Gasteiger partial charge is 0.274 e. The number of rotatable bonds is 6. The second-order valence-electron chi connectivity index (χ2n) is 8.76. The summed E-state index contributed by atoms with van der Waals surface area (Å²) in [5.41, 5.74) is 2.61. The zero-order valence-electron chi connectivity index (χ0n) is 17.8. The molecule has 2 aromatic heterocycles. The van der Waals surface area contributed by atoms with Crippen molar-refractivity contribution >= 4 is 5.91 Å². The Morgan fingerprint density at radius 2 is 1.97 bits per heavy atom. The Balaban J connectivity index is 1.43. The van der Waals surface area contributed by atoms with E-state index in [0.717, 1.165) is 23.8 Å². The topological polar surface area (TPSA) is 54.3 Å². The van der Waals surface area contributed by atoms with Gasteiger partial charge in [0.15, 0.2) is 5.69 Å². The van der Waals surface area contributed by atoms with Gasteiger partial charge in [-0.3, -0.25) is 14.5 Å². The molecular weight excluding hydrogens is 362 g/mol. The lowest BCUT2D eigenvalue weighted by Gasteiger charge is -2.37. The summed E-state index contributed by atoms with van der Waals surface area (Å²) >= 11 is 0. The van der Waals surface area contributed by atoms with Crippen molar-refractivity contribution in [2.75, 3.05) is 19.6 Å². The molecule has 2 aromatic rings. The summed E-state index contributed by atoms with van der Waals surface area (Å²) in [6.07, 6.45) is 11.5. The van der Waals surface area contributed by atoms with Crippen LogP contribution in [0.15, 0.2) is 30.6 Å². The number of carbonyl (C=O) groups is 1. The predicted octanol–water partition coefficient (Wildman–Crippen LogP) is 3.42. The Morgan fingerprint density at radius 1 is 1.21 bits per heavy atom. The first kappa shape index (κ1) is 20.1. The number of hydrogen-bond donors (Lipinski definition) is 0. The van der Waals surface area contributed by atoms with E-state index >= 15 is 0 Å². The van der Waals surface area contributed by atoms with Crippen molar-refractivity contribution in [2.24, 2.45) is 13.0 Å². The maximum atomic E-state index is 13.3. The molecule has 0 radical (unpaired) electrons. The number of carbonyl (C=O) groups excluding carboxylic acids is 1. The van der Waals surface area contributed by atoms with Crippen LogP contribution in [0.2, 0.25) is 0 Å². The summed E-state index contributed by atoms with van der Waals surface area (Å²) in [4.78, 5) is 22.2. The van der Waals surface area contributed by atoms with Crippen molar-refractivity contribution in [3.05, 3.63) is 47.5 Å². The van der Waals surface area contributed by atoms with Crippen LogP contribution in [-0.2, 0) is 13.6 Å². The van der Waals surface area contributed by atoms with Crippen LogP contribution in [0.1, 0.15) is 60.3 Å². The zero-order valence-corrected chi connectivity index (χ0v) is 17.8. The number of pyridine rings is 1. The van der Waals surface area contributed by atoms with Crippen molar-refractivity contribution in [1.82, 2.24) is 24.6 Å². The molecule has 3 heterocycles. The average Bonchev–Trinajstić information content (AvgIpc) is 3.39. The molecule has 0 atom stereocenters. The molecule has 1 saturated carbocycles. The van der Waals surface area contributed by atoms with Crippen molar-refractivity contribution in [3.8, 4) is 0 Å². The highest BCUT2D eigenvalue weighted by Crippen LogP contribution is 2.28. The molecule has 156 valence electrons. The Morgan fingerprint density at radius 3 is 2.59 bits per heavy atom. The van der Waals surface area contributed by atoms with E-state index in [1.54, 1.807) is 10.9 Å². The molecule has 6 nitrogen and oxygen atoms in total. The van der Waals surface area contributed by atoms with Crippen LogP contribution in [0.3, 0.4) is 0 Å². The average molecular weight is 396 g/mol. The first-order chi connectivity index (χ1) is 14.1. The van der Waals surface area contributed by atoms with E-state index in [0.29, 0.717) is 18.2 Å². The molecule has 0 unspecified atom stereocenters. The van der Waals surface area contributed by atoms with Gasteiger partial charge in [0.25, 0.3) is 5.91 Å². The van der Waals surface area contributed by atoms with Gasteiger partial charge >= 0.3 is 0 Å².